The molecule has 0 aromatic rings. The van der Waals surface area contributed by atoms with Crippen molar-refractivity contribution in [3.8, 4) is 0 Å². The van der Waals surface area contributed by atoms with Crippen molar-refractivity contribution in [2.45, 2.75) is 44.2 Å². The second-order valence-corrected chi connectivity index (χ2v) is 7.95. The predicted molar refractivity (Wildman–Crippen MR) is 80.1 cm³/mol. The standard InChI is InChI=1S/C14H25NO6S/c1-20-6-7-21-8-9-22(18,19)15-12-5-3-2-4-11(12)10-13(15)14(16)17/h11-13H,2-10H2,1H3,(H,16,17). The summed E-state index contributed by atoms with van der Waals surface area (Å²) in [6, 6.07) is -1.07. The van der Waals surface area contributed by atoms with Crippen LogP contribution >= 0.6 is 0 Å². The number of aliphatic carboxylic acids is 1. The molecule has 8 heteroatoms. The summed E-state index contributed by atoms with van der Waals surface area (Å²) in [7, 11) is -2.08. The Morgan fingerprint density at radius 1 is 1.23 bits per heavy atom. The molecule has 0 amide bonds. The van der Waals surface area contributed by atoms with Crippen molar-refractivity contribution in [2.24, 2.45) is 5.92 Å². The van der Waals surface area contributed by atoms with Gasteiger partial charge < -0.3 is 14.6 Å². The molecule has 0 radical (unpaired) electrons. The molecule has 1 aliphatic heterocycles. The second kappa shape index (κ2) is 7.72. The number of carboxylic acid groups (broad SMARTS) is 1. The van der Waals surface area contributed by atoms with Gasteiger partial charge in [-0.2, -0.15) is 4.31 Å². The van der Waals surface area contributed by atoms with E-state index in [-0.39, 0.29) is 24.3 Å². The lowest BCUT2D eigenvalue weighted by Gasteiger charge is -2.32. The quantitative estimate of drug-likeness (QED) is 0.656. The van der Waals surface area contributed by atoms with Crippen LogP contribution in [0.4, 0.5) is 0 Å². The SMILES string of the molecule is COCCOCCS(=O)(=O)N1C(C(=O)O)CC2CCCCC21. The van der Waals surface area contributed by atoms with E-state index in [1.165, 1.54) is 4.31 Å². The van der Waals surface area contributed by atoms with Gasteiger partial charge in [-0.05, 0) is 25.2 Å². The Bertz CT molecular complexity index is 480. The highest BCUT2D eigenvalue weighted by atomic mass is 32.2. The molecule has 128 valence electrons. The first-order valence-corrected chi connectivity index (χ1v) is 9.39. The average molecular weight is 335 g/mol. The first kappa shape index (κ1) is 17.7. The zero-order chi connectivity index (χ0) is 16.2. The molecule has 3 unspecified atom stereocenters. The fraction of sp³-hybridized carbons (Fsp3) is 0.929. The van der Waals surface area contributed by atoms with Crippen LogP contribution in [-0.2, 0) is 24.3 Å². The van der Waals surface area contributed by atoms with Gasteiger partial charge in [-0.1, -0.05) is 12.8 Å². The Morgan fingerprint density at radius 3 is 2.64 bits per heavy atom. The minimum atomic E-state index is -3.63. The maximum Gasteiger partial charge on any atom is 0.322 e. The minimum Gasteiger partial charge on any atom is -0.480 e. The number of sulfonamides is 1. The van der Waals surface area contributed by atoms with E-state index < -0.39 is 22.0 Å². The number of fused-ring (bicyclic) bond motifs is 1. The van der Waals surface area contributed by atoms with Gasteiger partial charge in [-0.15, -0.1) is 0 Å². The van der Waals surface area contributed by atoms with Crippen LogP contribution in [0.1, 0.15) is 32.1 Å². The number of methoxy groups -OCH3 is 1. The summed E-state index contributed by atoms with van der Waals surface area (Å²) >= 11 is 0. The molecule has 1 aliphatic carbocycles. The Morgan fingerprint density at radius 2 is 1.95 bits per heavy atom. The third-order valence-electron chi connectivity index (χ3n) is 4.55. The highest BCUT2D eigenvalue weighted by Crippen LogP contribution is 2.41. The maximum absolute atomic E-state index is 12.6. The third kappa shape index (κ3) is 3.98. The molecule has 2 fully saturated rings. The van der Waals surface area contributed by atoms with E-state index in [1.54, 1.807) is 7.11 Å². The molecule has 22 heavy (non-hydrogen) atoms. The average Bonchev–Trinajstić information content (AvgIpc) is 2.87. The summed E-state index contributed by atoms with van der Waals surface area (Å²) in [5.41, 5.74) is 0. The first-order valence-electron chi connectivity index (χ1n) is 7.78. The van der Waals surface area contributed by atoms with Gasteiger partial charge in [0.05, 0.1) is 25.6 Å². The monoisotopic (exact) mass is 335 g/mol. The summed E-state index contributed by atoms with van der Waals surface area (Å²) in [5.74, 6) is -1.04. The van der Waals surface area contributed by atoms with Gasteiger partial charge in [0.1, 0.15) is 6.04 Å². The molecular weight excluding hydrogens is 310 g/mol. The fourth-order valence-corrected chi connectivity index (χ4v) is 5.34. The zero-order valence-corrected chi connectivity index (χ0v) is 13.8. The Balaban J connectivity index is 2.03. The fourth-order valence-electron chi connectivity index (χ4n) is 3.54. The topological polar surface area (TPSA) is 93.1 Å². The normalized spacial score (nSPS) is 29.4. The molecule has 1 saturated carbocycles. The minimum absolute atomic E-state index is 0.0614. The van der Waals surface area contributed by atoms with E-state index in [0.29, 0.717) is 19.6 Å². The highest BCUT2D eigenvalue weighted by molar-refractivity contribution is 7.89. The zero-order valence-electron chi connectivity index (χ0n) is 12.9. The third-order valence-corrected chi connectivity index (χ3v) is 6.40. The first-order chi connectivity index (χ1) is 10.5. The molecule has 1 heterocycles. The summed E-state index contributed by atoms with van der Waals surface area (Å²) in [5, 5.41) is 9.38. The molecule has 7 nitrogen and oxygen atoms in total. The van der Waals surface area contributed by atoms with E-state index in [1.807, 2.05) is 0 Å². The van der Waals surface area contributed by atoms with Crippen molar-refractivity contribution in [1.29, 1.82) is 0 Å². The van der Waals surface area contributed by atoms with Crippen LogP contribution in [0.3, 0.4) is 0 Å². The lowest BCUT2D eigenvalue weighted by Crippen LogP contribution is -2.47. The lowest BCUT2D eigenvalue weighted by molar-refractivity contribution is -0.141. The van der Waals surface area contributed by atoms with Gasteiger partial charge in [-0.25, -0.2) is 8.42 Å². The van der Waals surface area contributed by atoms with Crippen molar-refractivity contribution in [3.63, 3.8) is 0 Å². The van der Waals surface area contributed by atoms with Crippen LogP contribution in [-0.4, -0.2) is 68.6 Å². The van der Waals surface area contributed by atoms with Gasteiger partial charge in [0.15, 0.2) is 0 Å². The molecule has 0 spiro atoms. The van der Waals surface area contributed by atoms with Crippen molar-refractivity contribution < 1.29 is 27.8 Å². The number of carboxylic acids is 1. The van der Waals surface area contributed by atoms with E-state index in [0.717, 1.165) is 25.7 Å². The Labute approximate surface area is 131 Å². The number of carbonyl (C=O) groups is 1. The molecule has 0 aromatic carbocycles. The van der Waals surface area contributed by atoms with Crippen LogP contribution in [0.2, 0.25) is 0 Å². The van der Waals surface area contributed by atoms with Gasteiger partial charge in [0.25, 0.3) is 0 Å². The summed E-state index contributed by atoms with van der Waals surface area (Å²) in [6.45, 7) is 0.804. The summed E-state index contributed by atoms with van der Waals surface area (Å²) in [4.78, 5) is 11.5. The summed E-state index contributed by atoms with van der Waals surface area (Å²) < 4.78 is 36.5. The number of ether oxygens (including phenoxy) is 2. The number of rotatable bonds is 8. The van der Waals surface area contributed by atoms with E-state index >= 15 is 0 Å². The number of nitrogens with zero attached hydrogens (tertiary/aromatic N) is 1. The highest BCUT2D eigenvalue weighted by Gasteiger charge is 2.50. The van der Waals surface area contributed by atoms with Crippen molar-refractivity contribution in [1.82, 2.24) is 4.31 Å². The number of hydrogen-bond donors (Lipinski definition) is 1. The second-order valence-electron chi connectivity index (χ2n) is 5.95. The summed E-state index contributed by atoms with van der Waals surface area (Å²) in [6.07, 6.45) is 4.14. The Hall–Kier alpha value is -0.700. The molecule has 0 aromatic heterocycles. The van der Waals surface area contributed by atoms with Gasteiger partial charge >= 0.3 is 5.97 Å². The lowest BCUT2D eigenvalue weighted by atomic mass is 9.85. The van der Waals surface area contributed by atoms with Crippen LogP contribution in [0.5, 0.6) is 0 Å². The van der Waals surface area contributed by atoms with E-state index in [2.05, 4.69) is 0 Å². The van der Waals surface area contributed by atoms with Crippen LogP contribution in [0.15, 0.2) is 0 Å². The molecule has 1 N–H and O–H groups in total. The van der Waals surface area contributed by atoms with Gasteiger partial charge in [0.2, 0.25) is 10.0 Å². The molecule has 2 rings (SSSR count). The Kier molecular flexibility index (Phi) is 6.19. The van der Waals surface area contributed by atoms with E-state index in [4.69, 9.17) is 9.47 Å². The maximum atomic E-state index is 12.6. The molecule has 1 saturated heterocycles. The van der Waals surface area contributed by atoms with Crippen molar-refractivity contribution in [2.75, 3.05) is 32.7 Å². The smallest absolute Gasteiger partial charge is 0.322 e. The van der Waals surface area contributed by atoms with Crippen molar-refractivity contribution in [3.05, 3.63) is 0 Å². The predicted octanol–water partition coefficient (Wildman–Crippen LogP) is 0.697. The van der Waals surface area contributed by atoms with Crippen LogP contribution < -0.4 is 0 Å². The van der Waals surface area contributed by atoms with Crippen LogP contribution in [0.25, 0.3) is 0 Å². The van der Waals surface area contributed by atoms with E-state index in [9.17, 15) is 18.3 Å². The van der Waals surface area contributed by atoms with Crippen molar-refractivity contribution >= 4 is 16.0 Å². The van der Waals surface area contributed by atoms with Gasteiger partial charge in [0, 0.05) is 13.2 Å². The molecule has 0 bridgehead atoms. The number of hydrogen-bond acceptors (Lipinski definition) is 5. The molecule has 3 atom stereocenters. The largest absolute Gasteiger partial charge is 0.480 e. The molecular formula is C14H25NO6S. The molecule has 2 aliphatic rings. The van der Waals surface area contributed by atoms with Gasteiger partial charge in [-0.3, -0.25) is 4.79 Å². The van der Waals surface area contributed by atoms with Crippen LogP contribution in [0, 0.1) is 5.92 Å².